The van der Waals surface area contributed by atoms with Crippen LogP contribution in [0.15, 0.2) is 12.5 Å². The molecule has 176 valence electrons. The molecular formula is C21H35N3O7. The van der Waals surface area contributed by atoms with E-state index in [1.807, 2.05) is 0 Å². The molecule has 10 nitrogen and oxygen atoms in total. The largest absolute Gasteiger partial charge is 0.464 e. The summed E-state index contributed by atoms with van der Waals surface area (Å²) in [6.07, 6.45) is 1.23. The second kappa shape index (κ2) is 10.1. The van der Waals surface area contributed by atoms with Crippen LogP contribution in [0.5, 0.6) is 0 Å². The SMILES string of the molecule is CCOC(=O)[C@](C)(Cc1cncn1C(=O)OC(C)(C)C)N(COC)C(=O)OC(C)(C)C. The first-order valence-corrected chi connectivity index (χ1v) is 10.1. The Balaban J connectivity index is 3.39. The van der Waals surface area contributed by atoms with Gasteiger partial charge in [0.25, 0.3) is 0 Å². The molecule has 1 amide bonds. The maximum atomic E-state index is 13.0. The number of amides is 1. The van der Waals surface area contributed by atoms with Crippen LogP contribution in [0.4, 0.5) is 9.59 Å². The summed E-state index contributed by atoms with van der Waals surface area (Å²) >= 11 is 0. The van der Waals surface area contributed by atoms with Gasteiger partial charge in [-0.05, 0) is 55.4 Å². The molecule has 0 aliphatic rings. The first-order valence-electron chi connectivity index (χ1n) is 10.1. The smallest absolute Gasteiger partial charge is 0.420 e. The van der Waals surface area contributed by atoms with Gasteiger partial charge in [-0.2, -0.15) is 0 Å². The van der Waals surface area contributed by atoms with Gasteiger partial charge in [0.1, 0.15) is 29.8 Å². The van der Waals surface area contributed by atoms with Crippen molar-refractivity contribution in [2.75, 3.05) is 20.4 Å². The van der Waals surface area contributed by atoms with Gasteiger partial charge in [0.05, 0.1) is 12.3 Å². The number of methoxy groups -OCH3 is 1. The highest BCUT2D eigenvalue weighted by atomic mass is 16.6. The number of carbonyl (C=O) groups excluding carboxylic acids is 3. The lowest BCUT2D eigenvalue weighted by Gasteiger charge is -2.39. The maximum Gasteiger partial charge on any atom is 0.420 e. The van der Waals surface area contributed by atoms with Crippen molar-refractivity contribution in [2.45, 2.75) is 78.6 Å². The van der Waals surface area contributed by atoms with Crippen LogP contribution in [0.1, 0.15) is 61.1 Å². The molecule has 0 saturated heterocycles. The highest BCUT2D eigenvalue weighted by molar-refractivity contribution is 5.86. The molecule has 0 N–H and O–H groups in total. The van der Waals surface area contributed by atoms with E-state index in [0.717, 1.165) is 4.90 Å². The van der Waals surface area contributed by atoms with Crippen LogP contribution in [0.2, 0.25) is 0 Å². The zero-order valence-corrected chi connectivity index (χ0v) is 20.0. The minimum Gasteiger partial charge on any atom is -0.464 e. The average Bonchev–Trinajstić information content (AvgIpc) is 3.04. The predicted molar refractivity (Wildman–Crippen MR) is 113 cm³/mol. The van der Waals surface area contributed by atoms with Crippen LogP contribution in [-0.2, 0) is 30.2 Å². The van der Waals surface area contributed by atoms with E-state index in [1.165, 1.54) is 31.1 Å². The summed E-state index contributed by atoms with van der Waals surface area (Å²) in [6.45, 7) is 13.4. The summed E-state index contributed by atoms with van der Waals surface area (Å²) in [4.78, 5) is 43.7. The molecule has 0 unspecified atom stereocenters. The van der Waals surface area contributed by atoms with Crippen LogP contribution in [0, 0.1) is 0 Å². The van der Waals surface area contributed by atoms with Crippen molar-refractivity contribution >= 4 is 18.2 Å². The van der Waals surface area contributed by atoms with Gasteiger partial charge in [-0.3, -0.25) is 4.90 Å². The molecule has 0 radical (unpaired) electrons. The summed E-state index contributed by atoms with van der Waals surface area (Å²) in [7, 11) is 1.40. The molecular weight excluding hydrogens is 406 g/mol. The van der Waals surface area contributed by atoms with Crippen molar-refractivity contribution in [3.63, 3.8) is 0 Å². The van der Waals surface area contributed by atoms with Crippen molar-refractivity contribution in [3.8, 4) is 0 Å². The molecule has 31 heavy (non-hydrogen) atoms. The van der Waals surface area contributed by atoms with Crippen molar-refractivity contribution in [1.82, 2.24) is 14.5 Å². The quantitative estimate of drug-likeness (QED) is 0.360. The Hall–Kier alpha value is -2.62. The molecule has 1 aromatic rings. The molecule has 0 aliphatic carbocycles. The first kappa shape index (κ1) is 26.4. The highest BCUT2D eigenvalue weighted by Gasteiger charge is 2.46. The lowest BCUT2D eigenvalue weighted by atomic mass is 9.94. The van der Waals surface area contributed by atoms with Crippen LogP contribution in [0.3, 0.4) is 0 Å². The van der Waals surface area contributed by atoms with E-state index in [2.05, 4.69) is 4.98 Å². The predicted octanol–water partition coefficient (Wildman–Crippen LogP) is 3.37. The lowest BCUT2D eigenvalue weighted by Crippen LogP contribution is -2.59. The fourth-order valence-electron chi connectivity index (χ4n) is 2.69. The van der Waals surface area contributed by atoms with Crippen LogP contribution in [-0.4, -0.2) is 69.8 Å². The molecule has 10 heteroatoms. The van der Waals surface area contributed by atoms with Crippen molar-refractivity contribution in [1.29, 1.82) is 0 Å². The molecule has 1 rings (SSSR count). The van der Waals surface area contributed by atoms with E-state index < -0.39 is 34.9 Å². The Morgan fingerprint density at radius 2 is 1.61 bits per heavy atom. The minimum absolute atomic E-state index is 0.0896. The van der Waals surface area contributed by atoms with Gasteiger partial charge in [0.15, 0.2) is 0 Å². The number of ether oxygens (including phenoxy) is 4. The molecule has 0 bridgehead atoms. The zero-order chi connectivity index (χ0) is 24.0. The van der Waals surface area contributed by atoms with E-state index in [9.17, 15) is 14.4 Å². The molecule has 0 saturated carbocycles. The van der Waals surface area contributed by atoms with Gasteiger partial charge in [-0.25, -0.2) is 23.9 Å². The van der Waals surface area contributed by atoms with Gasteiger partial charge in [0, 0.05) is 19.7 Å². The Bertz CT molecular complexity index is 777. The van der Waals surface area contributed by atoms with Crippen molar-refractivity contribution in [3.05, 3.63) is 18.2 Å². The first-order chi connectivity index (χ1) is 14.1. The van der Waals surface area contributed by atoms with Crippen molar-refractivity contribution in [2.24, 2.45) is 0 Å². The van der Waals surface area contributed by atoms with E-state index in [4.69, 9.17) is 18.9 Å². The molecule has 1 aromatic heterocycles. The van der Waals surface area contributed by atoms with Gasteiger partial charge < -0.3 is 18.9 Å². The van der Waals surface area contributed by atoms with Crippen LogP contribution in [0.25, 0.3) is 0 Å². The Kier molecular flexibility index (Phi) is 8.63. The number of esters is 1. The number of rotatable bonds is 7. The number of imidazole rings is 1. The molecule has 1 atom stereocenters. The van der Waals surface area contributed by atoms with E-state index in [-0.39, 0.29) is 19.8 Å². The summed E-state index contributed by atoms with van der Waals surface area (Å²) < 4.78 is 22.5. The van der Waals surface area contributed by atoms with Gasteiger partial charge in [-0.1, -0.05) is 0 Å². The number of hydrogen-bond donors (Lipinski definition) is 0. The second-order valence-corrected chi connectivity index (χ2v) is 9.23. The highest BCUT2D eigenvalue weighted by Crippen LogP contribution is 2.26. The monoisotopic (exact) mass is 441 g/mol. The lowest BCUT2D eigenvalue weighted by molar-refractivity contribution is -0.159. The Labute approximate surface area is 183 Å². The van der Waals surface area contributed by atoms with E-state index >= 15 is 0 Å². The Morgan fingerprint density at radius 3 is 2.10 bits per heavy atom. The second-order valence-electron chi connectivity index (χ2n) is 9.23. The van der Waals surface area contributed by atoms with Crippen LogP contribution < -0.4 is 0 Å². The topological polar surface area (TPSA) is 109 Å². The van der Waals surface area contributed by atoms with Gasteiger partial charge >= 0.3 is 18.2 Å². The van der Waals surface area contributed by atoms with E-state index in [0.29, 0.717) is 5.69 Å². The van der Waals surface area contributed by atoms with Crippen LogP contribution >= 0.6 is 0 Å². The molecule has 0 aromatic carbocycles. The molecule has 0 spiro atoms. The fraction of sp³-hybridized carbons (Fsp3) is 0.714. The standard InChI is InChI=1S/C21H35N3O7/c1-10-29-16(25)21(8,24(14-28-9)18(27)31-20(5,6)7)11-15-12-22-13-23(15)17(26)30-19(2,3)4/h12-13H,10-11,14H2,1-9H3/t21-/m0/s1. The number of aromatic nitrogens is 2. The molecule has 1 heterocycles. The van der Waals surface area contributed by atoms with E-state index in [1.54, 1.807) is 48.5 Å². The minimum atomic E-state index is -1.55. The maximum absolute atomic E-state index is 13.0. The average molecular weight is 442 g/mol. The van der Waals surface area contributed by atoms with Gasteiger partial charge in [0.2, 0.25) is 0 Å². The summed E-state index contributed by atoms with van der Waals surface area (Å²) in [5, 5.41) is 0. The third kappa shape index (κ3) is 7.54. The fourth-order valence-corrected chi connectivity index (χ4v) is 2.69. The Morgan fingerprint density at radius 1 is 1.03 bits per heavy atom. The third-order valence-corrected chi connectivity index (χ3v) is 4.01. The summed E-state index contributed by atoms with van der Waals surface area (Å²) in [5.41, 5.74) is -2.71. The number of carbonyl (C=O) groups is 3. The third-order valence-electron chi connectivity index (χ3n) is 4.01. The number of nitrogens with zero attached hydrogens (tertiary/aromatic N) is 3. The number of hydrogen-bond acceptors (Lipinski definition) is 8. The summed E-state index contributed by atoms with van der Waals surface area (Å²) in [5.74, 6) is -0.671. The van der Waals surface area contributed by atoms with Crippen molar-refractivity contribution < 1.29 is 33.3 Å². The molecule has 0 fully saturated rings. The molecule has 0 aliphatic heterocycles. The van der Waals surface area contributed by atoms with Gasteiger partial charge in [-0.15, -0.1) is 0 Å². The normalized spacial score (nSPS) is 13.8. The zero-order valence-electron chi connectivity index (χ0n) is 20.0. The summed E-state index contributed by atoms with van der Waals surface area (Å²) in [6, 6.07) is 0.